The molecule has 4 heteroatoms. The molecule has 0 saturated heterocycles. The van der Waals surface area contributed by atoms with Crippen molar-refractivity contribution in [1.82, 2.24) is 9.78 Å². The van der Waals surface area contributed by atoms with Crippen LogP contribution in [0.3, 0.4) is 0 Å². The number of hydrogen-bond acceptors (Lipinski definition) is 2. The van der Waals surface area contributed by atoms with Gasteiger partial charge in [0.25, 0.3) is 0 Å². The molecule has 0 radical (unpaired) electrons. The van der Waals surface area contributed by atoms with Gasteiger partial charge >= 0.3 is 0 Å². The van der Waals surface area contributed by atoms with E-state index in [0.717, 1.165) is 23.2 Å². The number of hydrogen-bond donors (Lipinski definition) is 1. The smallest absolute Gasteiger partial charge is 0.0635 e. The molecule has 0 aliphatic heterocycles. The van der Waals surface area contributed by atoms with Crippen LogP contribution in [0.1, 0.15) is 25.0 Å². The minimum Gasteiger partial charge on any atom is -0.327 e. The van der Waals surface area contributed by atoms with Crippen molar-refractivity contribution in [1.29, 1.82) is 0 Å². The monoisotopic (exact) mass is 257 g/mol. The molecule has 2 rings (SSSR count). The molecule has 0 spiro atoms. The highest BCUT2D eigenvalue weighted by molar-refractivity contribution is 9.10. The second kappa shape index (κ2) is 4.03. The quantitative estimate of drug-likeness (QED) is 0.895. The molecule has 0 bridgehead atoms. The van der Waals surface area contributed by atoms with E-state index in [9.17, 15) is 0 Å². The van der Waals surface area contributed by atoms with Crippen LogP contribution in [0.4, 0.5) is 0 Å². The van der Waals surface area contributed by atoms with Crippen molar-refractivity contribution in [2.24, 2.45) is 18.7 Å². The SMILES string of the molecule is Cn1ncc(Br)c1CCC(N)C1CC1. The Kier molecular flexibility index (Phi) is 2.93. The first kappa shape index (κ1) is 10.2. The molecule has 1 atom stereocenters. The molecule has 14 heavy (non-hydrogen) atoms. The molecule has 1 aromatic rings. The highest BCUT2D eigenvalue weighted by Gasteiger charge is 2.28. The van der Waals surface area contributed by atoms with Gasteiger partial charge in [-0.3, -0.25) is 4.68 Å². The third kappa shape index (κ3) is 2.17. The lowest BCUT2D eigenvalue weighted by Gasteiger charge is -2.10. The number of aromatic nitrogens is 2. The van der Waals surface area contributed by atoms with Crippen molar-refractivity contribution in [2.45, 2.75) is 31.7 Å². The fraction of sp³-hybridized carbons (Fsp3) is 0.700. The van der Waals surface area contributed by atoms with Gasteiger partial charge in [0.2, 0.25) is 0 Å². The van der Waals surface area contributed by atoms with Crippen LogP contribution in [-0.2, 0) is 13.5 Å². The summed E-state index contributed by atoms with van der Waals surface area (Å²) < 4.78 is 3.02. The summed E-state index contributed by atoms with van der Waals surface area (Å²) in [6.07, 6.45) is 6.59. The van der Waals surface area contributed by atoms with E-state index >= 15 is 0 Å². The third-order valence-corrected chi connectivity index (χ3v) is 3.62. The van der Waals surface area contributed by atoms with E-state index < -0.39 is 0 Å². The molecular weight excluding hydrogens is 242 g/mol. The molecular formula is C10H16BrN3. The van der Waals surface area contributed by atoms with Gasteiger partial charge in [-0.1, -0.05) is 0 Å². The molecule has 1 aliphatic rings. The lowest BCUT2D eigenvalue weighted by atomic mass is 10.1. The van der Waals surface area contributed by atoms with Crippen molar-refractivity contribution in [3.8, 4) is 0 Å². The van der Waals surface area contributed by atoms with E-state index in [0.29, 0.717) is 6.04 Å². The molecule has 3 nitrogen and oxygen atoms in total. The first-order valence-corrected chi connectivity index (χ1v) is 5.89. The number of halogens is 1. The van der Waals surface area contributed by atoms with E-state index in [4.69, 9.17) is 5.73 Å². The molecule has 0 aromatic carbocycles. The van der Waals surface area contributed by atoms with Gasteiger partial charge in [-0.2, -0.15) is 5.10 Å². The molecule has 0 amide bonds. The summed E-state index contributed by atoms with van der Waals surface area (Å²) in [6, 6.07) is 0.386. The van der Waals surface area contributed by atoms with Gasteiger partial charge in [-0.05, 0) is 47.5 Å². The predicted molar refractivity (Wildman–Crippen MR) is 59.9 cm³/mol. The molecule has 2 N–H and O–H groups in total. The van der Waals surface area contributed by atoms with Crippen molar-refractivity contribution in [2.75, 3.05) is 0 Å². The van der Waals surface area contributed by atoms with Crippen LogP contribution < -0.4 is 5.73 Å². The molecule has 1 aliphatic carbocycles. The summed E-state index contributed by atoms with van der Waals surface area (Å²) in [5.74, 6) is 0.794. The van der Waals surface area contributed by atoms with E-state index in [1.54, 1.807) is 0 Å². The maximum atomic E-state index is 6.05. The van der Waals surface area contributed by atoms with Crippen LogP contribution in [0.15, 0.2) is 10.7 Å². The number of nitrogens with zero attached hydrogens (tertiary/aromatic N) is 2. The summed E-state index contributed by atoms with van der Waals surface area (Å²) in [4.78, 5) is 0. The number of aryl methyl sites for hydroxylation is 1. The highest BCUT2D eigenvalue weighted by Crippen LogP contribution is 2.33. The Morgan fingerprint density at radius 3 is 2.93 bits per heavy atom. The second-order valence-electron chi connectivity index (χ2n) is 4.10. The van der Waals surface area contributed by atoms with Crippen molar-refractivity contribution in [3.63, 3.8) is 0 Å². The topological polar surface area (TPSA) is 43.8 Å². The van der Waals surface area contributed by atoms with Gasteiger partial charge in [-0.25, -0.2) is 0 Å². The summed E-state index contributed by atoms with van der Waals surface area (Å²) in [6.45, 7) is 0. The summed E-state index contributed by atoms with van der Waals surface area (Å²) >= 11 is 3.50. The Bertz CT molecular complexity index is 298. The molecule has 1 heterocycles. The first-order valence-electron chi connectivity index (χ1n) is 5.10. The lowest BCUT2D eigenvalue weighted by Crippen LogP contribution is -2.23. The predicted octanol–water partition coefficient (Wildman–Crippen LogP) is 1.85. The minimum absolute atomic E-state index is 0.386. The maximum absolute atomic E-state index is 6.05. The first-order chi connectivity index (χ1) is 6.68. The van der Waals surface area contributed by atoms with E-state index in [1.807, 2.05) is 17.9 Å². The Labute approximate surface area is 92.8 Å². The highest BCUT2D eigenvalue weighted by atomic mass is 79.9. The molecule has 1 saturated carbocycles. The zero-order chi connectivity index (χ0) is 10.1. The number of rotatable bonds is 4. The third-order valence-electron chi connectivity index (χ3n) is 2.95. The van der Waals surface area contributed by atoms with Gasteiger partial charge in [0.15, 0.2) is 0 Å². The molecule has 1 aromatic heterocycles. The van der Waals surface area contributed by atoms with Gasteiger partial charge in [0.05, 0.1) is 16.4 Å². The average Bonchev–Trinajstić information content (AvgIpc) is 2.93. The zero-order valence-corrected chi connectivity index (χ0v) is 10.00. The van der Waals surface area contributed by atoms with E-state index in [2.05, 4.69) is 21.0 Å². The van der Waals surface area contributed by atoms with Gasteiger partial charge in [0, 0.05) is 13.1 Å². The Hall–Kier alpha value is -0.350. The molecule has 1 fully saturated rings. The van der Waals surface area contributed by atoms with Crippen molar-refractivity contribution < 1.29 is 0 Å². The maximum Gasteiger partial charge on any atom is 0.0635 e. The lowest BCUT2D eigenvalue weighted by molar-refractivity contribution is 0.536. The van der Waals surface area contributed by atoms with Crippen LogP contribution in [-0.4, -0.2) is 15.8 Å². The van der Waals surface area contributed by atoms with Gasteiger partial charge < -0.3 is 5.73 Å². The van der Waals surface area contributed by atoms with E-state index in [-0.39, 0.29) is 0 Å². The number of nitrogens with two attached hydrogens (primary N) is 1. The summed E-state index contributed by atoms with van der Waals surface area (Å²) in [5, 5.41) is 4.18. The van der Waals surface area contributed by atoms with E-state index in [1.165, 1.54) is 18.5 Å². The Morgan fingerprint density at radius 2 is 2.43 bits per heavy atom. The minimum atomic E-state index is 0.386. The normalized spacial score (nSPS) is 18.5. The van der Waals surface area contributed by atoms with Crippen LogP contribution in [0, 0.1) is 5.92 Å². The standard InChI is InChI=1S/C10H16BrN3/c1-14-10(8(11)6-13-14)5-4-9(12)7-2-3-7/h6-7,9H,2-5,12H2,1H3. The Balaban J connectivity index is 1.90. The van der Waals surface area contributed by atoms with Crippen molar-refractivity contribution >= 4 is 15.9 Å². The van der Waals surface area contributed by atoms with Crippen LogP contribution in [0.25, 0.3) is 0 Å². The molecule has 78 valence electrons. The molecule has 1 unspecified atom stereocenters. The van der Waals surface area contributed by atoms with Crippen LogP contribution in [0.5, 0.6) is 0 Å². The van der Waals surface area contributed by atoms with Crippen LogP contribution >= 0.6 is 15.9 Å². The van der Waals surface area contributed by atoms with Gasteiger partial charge in [0.1, 0.15) is 0 Å². The Morgan fingerprint density at radius 1 is 1.71 bits per heavy atom. The van der Waals surface area contributed by atoms with Crippen molar-refractivity contribution in [3.05, 3.63) is 16.4 Å². The average molecular weight is 258 g/mol. The van der Waals surface area contributed by atoms with Gasteiger partial charge in [-0.15, -0.1) is 0 Å². The fourth-order valence-corrected chi connectivity index (χ4v) is 2.33. The second-order valence-corrected chi connectivity index (χ2v) is 4.96. The van der Waals surface area contributed by atoms with Crippen LogP contribution in [0.2, 0.25) is 0 Å². The summed E-state index contributed by atoms with van der Waals surface area (Å²) in [5.41, 5.74) is 7.30. The fourth-order valence-electron chi connectivity index (χ4n) is 1.78. The largest absolute Gasteiger partial charge is 0.327 e. The zero-order valence-electron chi connectivity index (χ0n) is 8.41. The summed E-state index contributed by atoms with van der Waals surface area (Å²) in [7, 11) is 1.97.